The van der Waals surface area contributed by atoms with Crippen LogP contribution in [-0.4, -0.2) is 18.7 Å². The van der Waals surface area contributed by atoms with Crippen molar-refractivity contribution in [2.24, 2.45) is 0 Å². The van der Waals surface area contributed by atoms with Crippen LogP contribution in [0.3, 0.4) is 0 Å². The lowest BCUT2D eigenvalue weighted by Crippen LogP contribution is -2.25. The molecule has 0 unspecified atom stereocenters. The normalized spacial score (nSPS) is 18.2. The fourth-order valence-electron chi connectivity index (χ4n) is 1.71. The maximum Gasteiger partial charge on any atom is 0.237 e. The molecule has 1 heterocycles. The van der Waals surface area contributed by atoms with Crippen molar-refractivity contribution in [1.82, 2.24) is 4.98 Å². The molecular formula is C8H11BrN2O2S2. The molecule has 1 fully saturated rings. The van der Waals surface area contributed by atoms with Gasteiger partial charge in [0.25, 0.3) is 0 Å². The Labute approximate surface area is 101 Å². The van der Waals surface area contributed by atoms with Crippen LogP contribution in [-0.2, 0) is 10.0 Å². The van der Waals surface area contributed by atoms with Gasteiger partial charge in [-0.2, -0.15) is 0 Å². The lowest BCUT2D eigenvalue weighted by molar-refractivity contribution is 0.585. The number of nitrogens with one attached hydrogen (secondary N) is 1. The second-order valence-electron chi connectivity index (χ2n) is 3.52. The topological polar surface area (TPSA) is 59.1 Å². The van der Waals surface area contributed by atoms with Gasteiger partial charge in [0.15, 0.2) is 5.13 Å². The first-order valence-corrected chi connectivity index (χ1v) is 7.86. The monoisotopic (exact) mass is 310 g/mol. The van der Waals surface area contributed by atoms with Crippen LogP contribution in [0, 0.1) is 0 Å². The average Bonchev–Trinajstić information content (AvgIpc) is 2.75. The second-order valence-corrected chi connectivity index (χ2v) is 7.89. The van der Waals surface area contributed by atoms with Crippen LogP contribution in [0.4, 0.5) is 5.13 Å². The van der Waals surface area contributed by atoms with Crippen molar-refractivity contribution in [2.45, 2.75) is 30.9 Å². The Balaban J connectivity index is 2.10. The molecule has 0 aromatic carbocycles. The van der Waals surface area contributed by atoms with Crippen molar-refractivity contribution < 1.29 is 8.42 Å². The molecule has 4 nitrogen and oxygen atoms in total. The molecular weight excluding hydrogens is 300 g/mol. The summed E-state index contributed by atoms with van der Waals surface area (Å²) in [7, 11) is -3.22. The summed E-state index contributed by atoms with van der Waals surface area (Å²) in [6.45, 7) is 0. The van der Waals surface area contributed by atoms with Crippen molar-refractivity contribution in [1.29, 1.82) is 0 Å². The minimum atomic E-state index is -3.22. The molecule has 0 atom stereocenters. The largest absolute Gasteiger partial charge is 0.258 e. The minimum Gasteiger partial charge on any atom is -0.258 e. The van der Waals surface area contributed by atoms with E-state index in [1.807, 2.05) is 0 Å². The van der Waals surface area contributed by atoms with E-state index in [-0.39, 0.29) is 5.25 Å². The van der Waals surface area contributed by atoms with Crippen LogP contribution in [0.25, 0.3) is 0 Å². The number of nitrogens with zero attached hydrogens (tertiary/aromatic N) is 1. The van der Waals surface area contributed by atoms with E-state index in [0.29, 0.717) is 5.13 Å². The Morgan fingerprint density at radius 3 is 2.67 bits per heavy atom. The van der Waals surface area contributed by atoms with Gasteiger partial charge in [-0.1, -0.05) is 24.2 Å². The summed E-state index contributed by atoms with van der Waals surface area (Å²) in [5.41, 5.74) is 0. The quantitative estimate of drug-likeness (QED) is 0.933. The van der Waals surface area contributed by atoms with Crippen molar-refractivity contribution in [3.63, 3.8) is 0 Å². The minimum absolute atomic E-state index is 0.236. The van der Waals surface area contributed by atoms with E-state index in [2.05, 4.69) is 25.6 Å². The maximum absolute atomic E-state index is 11.9. The molecule has 0 amide bonds. The first-order valence-electron chi connectivity index (χ1n) is 4.71. The van der Waals surface area contributed by atoms with Gasteiger partial charge in [-0.05, 0) is 28.8 Å². The van der Waals surface area contributed by atoms with Gasteiger partial charge in [-0.15, -0.1) is 0 Å². The highest BCUT2D eigenvalue weighted by molar-refractivity contribution is 9.11. The van der Waals surface area contributed by atoms with Gasteiger partial charge in [0.2, 0.25) is 10.0 Å². The van der Waals surface area contributed by atoms with E-state index in [1.54, 1.807) is 6.20 Å². The smallest absolute Gasteiger partial charge is 0.237 e. The Kier molecular flexibility index (Phi) is 3.32. The Morgan fingerprint density at radius 1 is 1.47 bits per heavy atom. The van der Waals surface area contributed by atoms with Gasteiger partial charge in [-0.3, -0.25) is 4.72 Å². The van der Waals surface area contributed by atoms with Crippen molar-refractivity contribution in [3.8, 4) is 0 Å². The van der Waals surface area contributed by atoms with Gasteiger partial charge in [0, 0.05) is 0 Å². The highest BCUT2D eigenvalue weighted by Gasteiger charge is 2.29. The van der Waals surface area contributed by atoms with Gasteiger partial charge in [-0.25, -0.2) is 13.4 Å². The summed E-state index contributed by atoms with van der Waals surface area (Å²) in [5, 5.41) is 0.203. The molecule has 0 aliphatic heterocycles. The molecule has 0 spiro atoms. The summed E-state index contributed by atoms with van der Waals surface area (Å²) in [5.74, 6) is 0. The molecule has 0 radical (unpaired) electrons. The van der Waals surface area contributed by atoms with Crippen LogP contribution in [0.1, 0.15) is 25.7 Å². The van der Waals surface area contributed by atoms with Crippen LogP contribution in [0.5, 0.6) is 0 Å². The number of sulfonamides is 1. The maximum atomic E-state index is 11.9. The first-order chi connectivity index (χ1) is 7.08. The van der Waals surface area contributed by atoms with E-state index >= 15 is 0 Å². The Morgan fingerprint density at radius 2 is 2.13 bits per heavy atom. The molecule has 2 rings (SSSR count). The van der Waals surface area contributed by atoms with E-state index < -0.39 is 10.0 Å². The van der Waals surface area contributed by atoms with Crippen LogP contribution in [0.2, 0.25) is 0 Å². The van der Waals surface area contributed by atoms with Crippen LogP contribution < -0.4 is 4.72 Å². The molecule has 84 valence electrons. The lowest BCUT2D eigenvalue weighted by Gasteiger charge is -2.10. The fraction of sp³-hybridized carbons (Fsp3) is 0.625. The van der Waals surface area contributed by atoms with E-state index in [4.69, 9.17) is 0 Å². The molecule has 1 N–H and O–H groups in total. The summed E-state index contributed by atoms with van der Waals surface area (Å²) in [6, 6.07) is 0. The molecule has 1 aromatic rings. The molecule has 1 aliphatic carbocycles. The number of halogens is 1. The van der Waals surface area contributed by atoms with Crippen LogP contribution in [0.15, 0.2) is 9.98 Å². The zero-order chi connectivity index (χ0) is 10.9. The highest BCUT2D eigenvalue weighted by Crippen LogP contribution is 2.28. The molecule has 7 heteroatoms. The number of hydrogen-bond acceptors (Lipinski definition) is 4. The highest BCUT2D eigenvalue weighted by atomic mass is 79.9. The molecule has 1 saturated carbocycles. The number of thiazole rings is 1. The zero-order valence-corrected chi connectivity index (χ0v) is 11.2. The molecule has 0 bridgehead atoms. The summed E-state index contributed by atoms with van der Waals surface area (Å²) < 4.78 is 27.1. The van der Waals surface area contributed by atoms with Gasteiger partial charge < -0.3 is 0 Å². The third-order valence-corrected chi connectivity index (χ3v) is 5.80. The fourth-order valence-corrected chi connectivity index (χ4v) is 4.60. The summed E-state index contributed by atoms with van der Waals surface area (Å²) in [4.78, 5) is 3.95. The molecule has 15 heavy (non-hydrogen) atoms. The number of hydrogen-bond donors (Lipinski definition) is 1. The standard InChI is InChI=1S/C8H11BrN2O2S2/c9-7-5-10-8(14-7)11-15(12,13)6-3-1-2-4-6/h5-6H,1-4H2,(H,10,11). The van der Waals surface area contributed by atoms with Crippen molar-refractivity contribution in [2.75, 3.05) is 4.72 Å². The number of aromatic nitrogens is 1. The van der Waals surface area contributed by atoms with Crippen molar-refractivity contribution >= 4 is 42.4 Å². The van der Waals surface area contributed by atoms with Gasteiger partial charge in [0.05, 0.1) is 15.2 Å². The van der Waals surface area contributed by atoms with Crippen molar-refractivity contribution in [3.05, 3.63) is 9.98 Å². The van der Waals surface area contributed by atoms with Gasteiger partial charge in [0.1, 0.15) is 0 Å². The third kappa shape index (κ3) is 2.70. The predicted octanol–water partition coefficient (Wildman–Crippen LogP) is 2.59. The Hall–Kier alpha value is -0.140. The third-order valence-electron chi connectivity index (χ3n) is 2.45. The average molecular weight is 311 g/mol. The number of rotatable bonds is 3. The zero-order valence-electron chi connectivity index (χ0n) is 7.94. The molecule has 1 aromatic heterocycles. The van der Waals surface area contributed by atoms with E-state index in [0.717, 1.165) is 29.5 Å². The summed E-state index contributed by atoms with van der Waals surface area (Å²) in [6.07, 6.45) is 5.14. The first kappa shape index (κ1) is 11.3. The molecule has 0 saturated heterocycles. The summed E-state index contributed by atoms with van der Waals surface area (Å²) >= 11 is 4.53. The van der Waals surface area contributed by atoms with E-state index in [9.17, 15) is 8.42 Å². The van der Waals surface area contributed by atoms with Gasteiger partial charge >= 0.3 is 0 Å². The predicted molar refractivity (Wildman–Crippen MR) is 64.6 cm³/mol. The SMILES string of the molecule is O=S(=O)(Nc1ncc(Br)s1)C1CCCC1. The lowest BCUT2D eigenvalue weighted by atomic mass is 10.4. The Bertz CT molecular complexity index is 437. The molecule has 1 aliphatic rings. The number of anilines is 1. The van der Waals surface area contributed by atoms with E-state index in [1.165, 1.54) is 11.3 Å². The van der Waals surface area contributed by atoms with Crippen LogP contribution >= 0.6 is 27.3 Å². The second kappa shape index (κ2) is 4.39.